The first-order chi connectivity index (χ1) is 14.0. The standard InChI is InChI=1S/C22H24N4O3/c1-2-23-13-15-6-5-8-17(12-15)24-19(27)14-26-20(28)22(25-21(26)29)11-10-16-7-3-4-9-18(16)22/h3-9,12,23H,2,10-11,13-14H2,1H3,(H,24,27)(H,25,29). The van der Waals surface area contributed by atoms with Gasteiger partial charge < -0.3 is 16.0 Å². The lowest BCUT2D eigenvalue weighted by Gasteiger charge is -2.22. The van der Waals surface area contributed by atoms with E-state index in [0.717, 1.165) is 34.6 Å². The quantitative estimate of drug-likeness (QED) is 0.657. The van der Waals surface area contributed by atoms with Crippen molar-refractivity contribution in [3.8, 4) is 0 Å². The molecule has 2 aromatic carbocycles. The molecule has 3 N–H and O–H groups in total. The highest BCUT2D eigenvalue weighted by atomic mass is 16.2. The fourth-order valence-corrected chi connectivity index (χ4v) is 4.11. The Labute approximate surface area is 169 Å². The van der Waals surface area contributed by atoms with Crippen LogP contribution < -0.4 is 16.0 Å². The van der Waals surface area contributed by atoms with Gasteiger partial charge in [-0.2, -0.15) is 0 Å². The zero-order chi connectivity index (χ0) is 20.4. The molecule has 4 amide bonds. The molecule has 2 aliphatic rings. The Balaban J connectivity index is 1.46. The number of hydrogen-bond acceptors (Lipinski definition) is 4. The SMILES string of the molecule is CCNCc1cccc(NC(=O)CN2C(=O)NC3(CCc4ccccc43)C2=O)c1. The highest BCUT2D eigenvalue weighted by Crippen LogP contribution is 2.41. The molecule has 7 nitrogen and oxygen atoms in total. The van der Waals surface area contributed by atoms with Crippen LogP contribution in [-0.2, 0) is 28.1 Å². The van der Waals surface area contributed by atoms with Crippen molar-refractivity contribution >= 4 is 23.5 Å². The minimum absolute atomic E-state index is 0.313. The van der Waals surface area contributed by atoms with Crippen molar-refractivity contribution in [2.45, 2.75) is 31.8 Å². The Bertz CT molecular complexity index is 974. The molecule has 0 aromatic heterocycles. The topological polar surface area (TPSA) is 90.5 Å². The molecular weight excluding hydrogens is 368 g/mol. The minimum Gasteiger partial charge on any atom is -0.325 e. The molecule has 1 atom stereocenters. The molecular formula is C22H24N4O3. The highest BCUT2D eigenvalue weighted by molar-refractivity contribution is 6.10. The van der Waals surface area contributed by atoms with Gasteiger partial charge in [-0.3, -0.25) is 14.5 Å². The summed E-state index contributed by atoms with van der Waals surface area (Å²) in [5, 5.41) is 8.85. The van der Waals surface area contributed by atoms with Gasteiger partial charge in [0.25, 0.3) is 5.91 Å². The van der Waals surface area contributed by atoms with E-state index in [1.165, 1.54) is 0 Å². The summed E-state index contributed by atoms with van der Waals surface area (Å²) in [5.41, 5.74) is 2.53. The fraction of sp³-hybridized carbons (Fsp3) is 0.318. The molecule has 150 valence electrons. The van der Waals surface area contributed by atoms with Gasteiger partial charge in [0, 0.05) is 12.2 Å². The number of nitrogens with one attached hydrogen (secondary N) is 3. The van der Waals surface area contributed by atoms with Crippen molar-refractivity contribution in [3.63, 3.8) is 0 Å². The van der Waals surface area contributed by atoms with Gasteiger partial charge in [0.15, 0.2) is 0 Å². The molecule has 1 aliphatic heterocycles. The van der Waals surface area contributed by atoms with Crippen LogP contribution in [0.2, 0.25) is 0 Å². The number of carbonyl (C=O) groups excluding carboxylic acids is 3. The molecule has 2 aromatic rings. The van der Waals surface area contributed by atoms with Crippen molar-refractivity contribution < 1.29 is 14.4 Å². The average Bonchev–Trinajstić information content (AvgIpc) is 3.20. The zero-order valence-electron chi connectivity index (χ0n) is 16.3. The van der Waals surface area contributed by atoms with Crippen LogP contribution in [0.3, 0.4) is 0 Å². The van der Waals surface area contributed by atoms with E-state index in [0.29, 0.717) is 18.7 Å². The van der Waals surface area contributed by atoms with Gasteiger partial charge in [0.05, 0.1) is 0 Å². The molecule has 7 heteroatoms. The third-order valence-corrected chi connectivity index (χ3v) is 5.51. The number of hydrogen-bond donors (Lipinski definition) is 3. The van der Waals surface area contributed by atoms with Gasteiger partial charge in [0.1, 0.15) is 12.1 Å². The summed E-state index contributed by atoms with van der Waals surface area (Å²) in [5.74, 6) is -0.763. The largest absolute Gasteiger partial charge is 0.325 e. The van der Waals surface area contributed by atoms with Crippen molar-refractivity contribution in [1.82, 2.24) is 15.5 Å². The number of anilines is 1. The van der Waals surface area contributed by atoms with Crippen LogP contribution in [-0.4, -0.2) is 35.8 Å². The van der Waals surface area contributed by atoms with Gasteiger partial charge >= 0.3 is 6.03 Å². The normalized spacial score (nSPS) is 20.1. The first-order valence-electron chi connectivity index (χ1n) is 9.85. The summed E-state index contributed by atoms with van der Waals surface area (Å²) in [7, 11) is 0. The first kappa shape index (κ1) is 19.1. The summed E-state index contributed by atoms with van der Waals surface area (Å²) in [6, 6.07) is 14.6. The van der Waals surface area contributed by atoms with Gasteiger partial charge in [-0.25, -0.2) is 4.79 Å². The summed E-state index contributed by atoms with van der Waals surface area (Å²) >= 11 is 0. The predicted molar refractivity (Wildman–Crippen MR) is 109 cm³/mol. The summed E-state index contributed by atoms with van der Waals surface area (Å²) in [6.07, 6.45) is 1.24. The maximum absolute atomic E-state index is 13.1. The van der Waals surface area contributed by atoms with Crippen molar-refractivity contribution in [2.75, 3.05) is 18.4 Å². The second-order valence-electron chi connectivity index (χ2n) is 7.41. The monoisotopic (exact) mass is 392 g/mol. The van der Waals surface area contributed by atoms with Gasteiger partial charge in [-0.1, -0.05) is 43.3 Å². The molecule has 1 fully saturated rings. The van der Waals surface area contributed by atoms with Crippen LogP contribution in [0.25, 0.3) is 0 Å². The van der Waals surface area contributed by atoms with E-state index in [1.807, 2.05) is 49.4 Å². The Morgan fingerprint density at radius 3 is 2.83 bits per heavy atom. The number of carbonyl (C=O) groups is 3. The predicted octanol–water partition coefficient (Wildman–Crippen LogP) is 2.13. The van der Waals surface area contributed by atoms with Crippen LogP contribution in [0.1, 0.15) is 30.0 Å². The number of amides is 4. The minimum atomic E-state index is -1.04. The molecule has 0 saturated carbocycles. The summed E-state index contributed by atoms with van der Waals surface area (Å²) in [6.45, 7) is 3.27. The van der Waals surface area contributed by atoms with E-state index in [4.69, 9.17) is 0 Å². The van der Waals surface area contributed by atoms with Crippen LogP contribution in [0.4, 0.5) is 10.5 Å². The van der Waals surface area contributed by atoms with Gasteiger partial charge in [0.2, 0.25) is 5.91 Å². The van der Waals surface area contributed by atoms with E-state index in [1.54, 1.807) is 6.07 Å². The maximum Gasteiger partial charge on any atom is 0.325 e. The zero-order valence-corrected chi connectivity index (χ0v) is 16.3. The molecule has 1 spiro atoms. The molecule has 0 radical (unpaired) electrons. The highest BCUT2D eigenvalue weighted by Gasteiger charge is 2.55. The molecule has 29 heavy (non-hydrogen) atoms. The molecule has 1 saturated heterocycles. The first-order valence-corrected chi connectivity index (χ1v) is 9.85. The lowest BCUT2D eigenvalue weighted by molar-refractivity contribution is -0.134. The average molecular weight is 392 g/mol. The summed E-state index contributed by atoms with van der Waals surface area (Å²) in [4.78, 5) is 39.2. The van der Waals surface area contributed by atoms with Crippen molar-refractivity contribution in [3.05, 3.63) is 65.2 Å². The number of rotatable bonds is 6. The van der Waals surface area contributed by atoms with E-state index < -0.39 is 17.5 Å². The number of aryl methyl sites for hydroxylation is 1. The molecule has 1 aliphatic carbocycles. The Kier molecular flexibility index (Phi) is 5.07. The number of nitrogens with zero attached hydrogens (tertiary/aromatic N) is 1. The molecule has 1 heterocycles. The smallest absolute Gasteiger partial charge is 0.325 e. The van der Waals surface area contributed by atoms with Gasteiger partial charge in [-0.15, -0.1) is 0 Å². The van der Waals surface area contributed by atoms with E-state index >= 15 is 0 Å². The van der Waals surface area contributed by atoms with Crippen LogP contribution >= 0.6 is 0 Å². The van der Waals surface area contributed by atoms with Crippen LogP contribution in [0.15, 0.2) is 48.5 Å². The third-order valence-electron chi connectivity index (χ3n) is 5.51. The number of urea groups is 1. The lowest BCUT2D eigenvalue weighted by atomic mass is 9.92. The molecule has 1 unspecified atom stereocenters. The Morgan fingerprint density at radius 1 is 1.17 bits per heavy atom. The number of fused-ring (bicyclic) bond motifs is 2. The second-order valence-corrected chi connectivity index (χ2v) is 7.41. The third kappa shape index (κ3) is 3.49. The number of imide groups is 1. The van der Waals surface area contributed by atoms with Crippen molar-refractivity contribution in [1.29, 1.82) is 0 Å². The number of benzene rings is 2. The molecule has 4 rings (SSSR count). The second kappa shape index (κ2) is 7.67. The van der Waals surface area contributed by atoms with Gasteiger partial charge in [-0.05, 0) is 48.2 Å². The molecule has 0 bridgehead atoms. The Hall–Kier alpha value is -3.19. The van der Waals surface area contributed by atoms with E-state index in [2.05, 4.69) is 16.0 Å². The van der Waals surface area contributed by atoms with E-state index in [-0.39, 0.29) is 12.5 Å². The van der Waals surface area contributed by atoms with Crippen molar-refractivity contribution in [2.24, 2.45) is 0 Å². The maximum atomic E-state index is 13.1. The van der Waals surface area contributed by atoms with Crippen LogP contribution in [0, 0.1) is 0 Å². The fourth-order valence-electron chi connectivity index (χ4n) is 4.11. The van der Waals surface area contributed by atoms with E-state index in [9.17, 15) is 14.4 Å². The Morgan fingerprint density at radius 2 is 2.00 bits per heavy atom. The van der Waals surface area contributed by atoms with Crippen LogP contribution in [0.5, 0.6) is 0 Å². The summed E-state index contributed by atoms with van der Waals surface area (Å²) < 4.78 is 0. The lowest BCUT2D eigenvalue weighted by Crippen LogP contribution is -2.43.